The number of nitrogens with one attached hydrogen (secondary N) is 1. The van der Waals surface area contributed by atoms with Crippen LogP contribution in [0.25, 0.3) is 0 Å². The van der Waals surface area contributed by atoms with Crippen LogP contribution in [0.15, 0.2) is 6.20 Å². The summed E-state index contributed by atoms with van der Waals surface area (Å²) < 4.78 is 0. The first kappa shape index (κ1) is 11.6. The van der Waals surface area contributed by atoms with Crippen molar-refractivity contribution < 1.29 is 0 Å². The third-order valence-corrected chi connectivity index (χ3v) is 5.53. The average Bonchev–Trinajstić information content (AvgIpc) is 2.83. The van der Waals surface area contributed by atoms with Crippen LogP contribution >= 0.6 is 11.3 Å². The summed E-state index contributed by atoms with van der Waals surface area (Å²) in [6.45, 7) is 0.956. The van der Waals surface area contributed by atoms with Crippen LogP contribution in [0.5, 0.6) is 0 Å². The number of aromatic nitrogens is 1. The molecule has 2 fully saturated rings. The van der Waals surface area contributed by atoms with Gasteiger partial charge < -0.3 is 10.2 Å². The Morgan fingerprint density at radius 1 is 1.41 bits per heavy atom. The predicted molar refractivity (Wildman–Crippen MR) is 71.4 cm³/mol. The Bertz CT molecular complexity index is 376. The maximum atomic E-state index is 4.64. The maximum Gasteiger partial charge on any atom is 0.0960 e. The molecule has 2 aliphatic heterocycles. The molecule has 1 aromatic rings. The van der Waals surface area contributed by atoms with Gasteiger partial charge in [-0.1, -0.05) is 0 Å². The lowest BCUT2D eigenvalue weighted by Gasteiger charge is -2.35. The van der Waals surface area contributed by atoms with Gasteiger partial charge in [0.15, 0.2) is 0 Å². The second-order valence-corrected chi connectivity index (χ2v) is 6.56. The summed E-state index contributed by atoms with van der Waals surface area (Å²) in [6, 6.07) is 1.63. The van der Waals surface area contributed by atoms with E-state index in [1.54, 1.807) is 0 Å². The predicted octanol–water partition coefficient (Wildman–Crippen LogP) is 2.20. The number of thiazole rings is 1. The van der Waals surface area contributed by atoms with Crippen molar-refractivity contribution in [3.05, 3.63) is 16.1 Å². The summed E-state index contributed by atoms with van der Waals surface area (Å²) in [5.41, 5.74) is 0. The highest BCUT2D eigenvalue weighted by atomic mass is 32.1. The van der Waals surface area contributed by atoms with Crippen molar-refractivity contribution in [3.8, 4) is 0 Å². The quantitative estimate of drug-likeness (QED) is 0.892. The molecule has 0 aliphatic carbocycles. The first-order chi connectivity index (χ1) is 8.28. The Labute approximate surface area is 107 Å². The minimum Gasteiger partial charge on any atom is -0.315 e. The van der Waals surface area contributed by atoms with E-state index in [-0.39, 0.29) is 0 Å². The molecular weight excluding hydrogens is 230 g/mol. The van der Waals surface area contributed by atoms with E-state index >= 15 is 0 Å². The Morgan fingerprint density at radius 3 is 2.76 bits per heavy atom. The highest BCUT2D eigenvalue weighted by molar-refractivity contribution is 7.11. The second kappa shape index (κ2) is 4.67. The van der Waals surface area contributed by atoms with Crippen LogP contribution in [-0.2, 0) is 6.54 Å². The molecule has 1 N–H and O–H groups in total. The first-order valence-corrected chi connectivity index (χ1v) is 7.40. The normalized spacial score (nSPS) is 33.2. The third kappa shape index (κ3) is 2.14. The molecule has 2 aliphatic rings. The Hall–Kier alpha value is -0.450. The van der Waals surface area contributed by atoms with E-state index in [0.717, 1.165) is 24.5 Å². The molecule has 2 saturated heterocycles. The molecule has 3 rings (SSSR count). The van der Waals surface area contributed by atoms with Gasteiger partial charge in [-0.05, 0) is 39.8 Å². The molecule has 2 atom stereocenters. The zero-order valence-corrected chi connectivity index (χ0v) is 11.5. The van der Waals surface area contributed by atoms with Crippen molar-refractivity contribution in [2.45, 2.75) is 50.2 Å². The van der Waals surface area contributed by atoms with Crippen molar-refractivity contribution in [3.63, 3.8) is 0 Å². The van der Waals surface area contributed by atoms with E-state index < -0.39 is 0 Å². The van der Waals surface area contributed by atoms with Gasteiger partial charge in [0.05, 0.1) is 5.01 Å². The zero-order chi connectivity index (χ0) is 11.8. The lowest BCUT2D eigenvalue weighted by molar-refractivity contribution is 0.161. The number of rotatable bonds is 3. The Kier molecular flexibility index (Phi) is 3.19. The molecule has 17 heavy (non-hydrogen) atoms. The fourth-order valence-electron chi connectivity index (χ4n) is 3.38. The summed E-state index contributed by atoms with van der Waals surface area (Å²) in [4.78, 5) is 8.61. The van der Waals surface area contributed by atoms with Gasteiger partial charge in [0.2, 0.25) is 0 Å². The molecule has 0 radical (unpaired) electrons. The Balaban J connectivity index is 1.72. The number of hydrogen-bond donors (Lipinski definition) is 1. The van der Waals surface area contributed by atoms with Gasteiger partial charge in [0, 0.05) is 35.6 Å². The number of nitrogens with zero attached hydrogens (tertiary/aromatic N) is 2. The number of piperidine rings is 1. The van der Waals surface area contributed by atoms with Crippen molar-refractivity contribution >= 4 is 11.3 Å². The van der Waals surface area contributed by atoms with Gasteiger partial charge in [-0.25, -0.2) is 4.98 Å². The van der Waals surface area contributed by atoms with Crippen LogP contribution in [0, 0.1) is 0 Å². The fraction of sp³-hybridized carbons (Fsp3) is 0.769. The molecule has 2 unspecified atom stereocenters. The van der Waals surface area contributed by atoms with Gasteiger partial charge in [0.25, 0.3) is 0 Å². The lowest BCUT2D eigenvalue weighted by Crippen LogP contribution is -2.39. The molecule has 4 heteroatoms. The van der Waals surface area contributed by atoms with Gasteiger partial charge in [-0.15, -0.1) is 11.3 Å². The standard InChI is InChI=1S/C13H21N3S/c1-14-7-12-8-15-13(17-12)9-5-10-3-4-11(6-9)16(10)2/h8-11,14H,3-7H2,1-2H3. The van der Waals surface area contributed by atoms with E-state index in [9.17, 15) is 0 Å². The number of hydrogen-bond acceptors (Lipinski definition) is 4. The molecule has 0 spiro atoms. The topological polar surface area (TPSA) is 28.2 Å². The van der Waals surface area contributed by atoms with Crippen LogP contribution in [-0.4, -0.2) is 36.1 Å². The summed E-state index contributed by atoms with van der Waals surface area (Å²) in [5, 5.41) is 4.57. The van der Waals surface area contributed by atoms with Crippen LogP contribution in [0.3, 0.4) is 0 Å². The lowest BCUT2D eigenvalue weighted by atomic mass is 9.92. The van der Waals surface area contributed by atoms with Crippen molar-refractivity contribution in [1.29, 1.82) is 0 Å². The second-order valence-electron chi connectivity index (χ2n) is 5.41. The average molecular weight is 251 g/mol. The molecule has 3 nitrogen and oxygen atoms in total. The maximum absolute atomic E-state index is 4.64. The van der Waals surface area contributed by atoms with Gasteiger partial charge in [0.1, 0.15) is 0 Å². The van der Waals surface area contributed by atoms with E-state index in [0.29, 0.717) is 0 Å². The van der Waals surface area contributed by atoms with E-state index in [2.05, 4.69) is 28.4 Å². The monoisotopic (exact) mass is 251 g/mol. The third-order valence-electron chi connectivity index (χ3n) is 4.37. The molecule has 0 saturated carbocycles. The van der Waals surface area contributed by atoms with Gasteiger partial charge >= 0.3 is 0 Å². The highest BCUT2D eigenvalue weighted by Crippen LogP contribution is 2.42. The summed E-state index contributed by atoms with van der Waals surface area (Å²) in [5.74, 6) is 0.722. The SMILES string of the molecule is CNCc1cnc(C2CC3CCC(C2)N3C)s1. The number of fused-ring (bicyclic) bond motifs is 2. The largest absolute Gasteiger partial charge is 0.315 e. The fourth-order valence-corrected chi connectivity index (χ4v) is 4.44. The molecule has 94 valence electrons. The van der Waals surface area contributed by atoms with Crippen molar-refractivity contribution in [2.75, 3.05) is 14.1 Å². The first-order valence-electron chi connectivity index (χ1n) is 6.59. The molecule has 0 aromatic carbocycles. The van der Waals surface area contributed by atoms with E-state index in [4.69, 9.17) is 0 Å². The molecule has 0 amide bonds. The summed E-state index contributed by atoms with van der Waals surface area (Å²) in [7, 11) is 4.29. The van der Waals surface area contributed by atoms with Crippen LogP contribution < -0.4 is 5.32 Å². The van der Waals surface area contributed by atoms with Crippen molar-refractivity contribution in [2.24, 2.45) is 0 Å². The molecule has 3 heterocycles. The zero-order valence-electron chi connectivity index (χ0n) is 10.6. The van der Waals surface area contributed by atoms with E-state index in [1.807, 2.05) is 18.4 Å². The van der Waals surface area contributed by atoms with Gasteiger partial charge in [-0.2, -0.15) is 0 Å². The van der Waals surface area contributed by atoms with Crippen LogP contribution in [0.1, 0.15) is 41.5 Å². The van der Waals surface area contributed by atoms with Crippen molar-refractivity contribution in [1.82, 2.24) is 15.2 Å². The van der Waals surface area contributed by atoms with E-state index in [1.165, 1.54) is 35.6 Å². The van der Waals surface area contributed by atoms with Gasteiger partial charge in [-0.3, -0.25) is 0 Å². The molecule has 2 bridgehead atoms. The van der Waals surface area contributed by atoms with Crippen LogP contribution in [0.2, 0.25) is 0 Å². The summed E-state index contributed by atoms with van der Waals surface area (Å²) >= 11 is 1.90. The summed E-state index contributed by atoms with van der Waals surface area (Å²) in [6.07, 6.45) is 7.48. The Morgan fingerprint density at radius 2 is 2.12 bits per heavy atom. The highest BCUT2D eigenvalue weighted by Gasteiger charge is 2.39. The smallest absolute Gasteiger partial charge is 0.0960 e. The van der Waals surface area contributed by atoms with Crippen LogP contribution in [0.4, 0.5) is 0 Å². The molecular formula is C13H21N3S. The minimum absolute atomic E-state index is 0.722. The molecule has 1 aromatic heterocycles. The minimum atomic E-state index is 0.722.